The van der Waals surface area contributed by atoms with Gasteiger partial charge >= 0.3 is 0 Å². The van der Waals surface area contributed by atoms with E-state index < -0.39 is 0 Å². The monoisotopic (exact) mass is 300 g/mol. The summed E-state index contributed by atoms with van der Waals surface area (Å²) in [7, 11) is 1.63. The number of aromatic nitrogens is 1. The van der Waals surface area contributed by atoms with Crippen LogP contribution in [0.15, 0.2) is 34.9 Å². The highest BCUT2D eigenvalue weighted by Crippen LogP contribution is 2.32. The number of methoxy groups -OCH3 is 1. The largest absolute Gasteiger partial charge is 0.497 e. The Bertz CT molecular complexity index is 648. The van der Waals surface area contributed by atoms with Gasteiger partial charge in [0.25, 0.3) is 0 Å². The molecule has 1 amide bonds. The molecule has 2 heterocycles. The zero-order chi connectivity index (χ0) is 15.5. The number of rotatable bonds is 4. The van der Waals surface area contributed by atoms with Crippen LogP contribution in [-0.2, 0) is 11.2 Å². The number of likely N-dealkylation sites (tertiary alicyclic amines) is 1. The second kappa shape index (κ2) is 6.22. The van der Waals surface area contributed by atoms with Crippen molar-refractivity contribution in [3.05, 3.63) is 47.3 Å². The molecule has 1 saturated heterocycles. The first kappa shape index (κ1) is 14.6. The lowest BCUT2D eigenvalue weighted by Crippen LogP contribution is -2.31. The highest BCUT2D eigenvalue weighted by atomic mass is 16.5. The first-order valence-electron chi connectivity index (χ1n) is 7.53. The van der Waals surface area contributed by atoms with Crippen molar-refractivity contribution in [1.82, 2.24) is 10.1 Å². The molecule has 5 nitrogen and oxygen atoms in total. The predicted molar refractivity (Wildman–Crippen MR) is 81.6 cm³/mol. The summed E-state index contributed by atoms with van der Waals surface area (Å²) in [5.74, 6) is 1.71. The number of benzene rings is 1. The minimum absolute atomic E-state index is 0.0203. The highest BCUT2D eigenvalue weighted by molar-refractivity contribution is 5.79. The summed E-state index contributed by atoms with van der Waals surface area (Å²) in [6, 6.07) is 9.56. The van der Waals surface area contributed by atoms with Gasteiger partial charge in [-0.2, -0.15) is 0 Å². The third kappa shape index (κ3) is 2.98. The number of hydrogen-bond donors (Lipinski definition) is 0. The van der Waals surface area contributed by atoms with E-state index in [4.69, 9.17) is 9.26 Å². The van der Waals surface area contributed by atoms with E-state index in [0.717, 1.165) is 42.2 Å². The van der Waals surface area contributed by atoms with Crippen LogP contribution in [-0.4, -0.2) is 29.6 Å². The number of hydrogen-bond acceptors (Lipinski definition) is 4. The van der Waals surface area contributed by atoms with Crippen LogP contribution in [0.4, 0.5) is 0 Å². The number of carbonyl (C=O) groups excluding carboxylic acids is 1. The fourth-order valence-electron chi connectivity index (χ4n) is 2.92. The van der Waals surface area contributed by atoms with Gasteiger partial charge in [-0.3, -0.25) is 4.79 Å². The van der Waals surface area contributed by atoms with Crippen LogP contribution in [0.2, 0.25) is 0 Å². The number of nitrogens with zero attached hydrogens (tertiary/aromatic N) is 2. The lowest BCUT2D eigenvalue weighted by atomic mass is 10.1. The molecule has 0 radical (unpaired) electrons. The lowest BCUT2D eigenvalue weighted by molar-refractivity contribution is -0.131. The second-order valence-corrected chi connectivity index (χ2v) is 5.64. The molecule has 1 atom stereocenters. The maximum absolute atomic E-state index is 12.6. The molecule has 1 aromatic heterocycles. The van der Waals surface area contributed by atoms with Crippen LogP contribution in [0, 0.1) is 6.92 Å². The smallest absolute Gasteiger partial charge is 0.227 e. The van der Waals surface area contributed by atoms with Gasteiger partial charge in [-0.15, -0.1) is 0 Å². The minimum Gasteiger partial charge on any atom is -0.497 e. The van der Waals surface area contributed by atoms with E-state index >= 15 is 0 Å². The van der Waals surface area contributed by atoms with Gasteiger partial charge in [0, 0.05) is 12.6 Å². The maximum atomic E-state index is 12.6. The third-order valence-corrected chi connectivity index (χ3v) is 4.06. The van der Waals surface area contributed by atoms with Gasteiger partial charge < -0.3 is 14.2 Å². The molecule has 0 spiro atoms. The molecule has 3 rings (SSSR count). The second-order valence-electron chi connectivity index (χ2n) is 5.64. The molecular weight excluding hydrogens is 280 g/mol. The molecule has 1 aromatic carbocycles. The Morgan fingerprint density at radius 1 is 1.41 bits per heavy atom. The number of amides is 1. The molecule has 5 heteroatoms. The van der Waals surface area contributed by atoms with Gasteiger partial charge in [-0.05, 0) is 37.5 Å². The summed E-state index contributed by atoms with van der Waals surface area (Å²) in [5, 5.41) is 3.93. The van der Waals surface area contributed by atoms with Gasteiger partial charge in [0.1, 0.15) is 5.75 Å². The number of carbonyl (C=O) groups is 1. The molecule has 1 fully saturated rings. The molecule has 0 N–H and O–H groups in total. The molecule has 116 valence electrons. The number of ether oxygens (including phenoxy) is 1. The van der Waals surface area contributed by atoms with E-state index in [2.05, 4.69) is 5.16 Å². The van der Waals surface area contributed by atoms with E-state index in [1.165, 1.54) is 0 Å². The van der Waals surface area contributed by atoms with E-state index in [9.17, 15) is 4.79 Å². The Balaban J connectivity index is 1.70. The molecule has 1 aliphatic rings. The quantitative estimate of drug-likeness (QED) is 0.871. The van der Waals surface area contributed by atoms with Gasteiger partial charge in [-0.1, -0.05) is 17.3 Å². The Kier molecular flexibility index (Phi) is 4.13. The average molecular weight is 300 g/mol. The van der Waals surface area contributed by atoms with Crippen molar-refractivity contribution in [3.63, 3.8) is 0 Å². The SMILES string of the molecule is COc1ccc(CC(=O)N2CCCC2c2cc(C)no2)cc1. The summed E-state index contributed by atoms with van der Waals surface area (Å²) < 4.78 is 10.5. The average Bonchev–Trinajstić information content (AvgIpc) is 3.16. The normalized spacial score (nSPS) is 17.7. The fraction of sp³-hybridized carbons (Fsp3) is 0.412. The van der Waals surface area contributed by atoms with Gasteiger partial charge in [0.15, 0.2) is 5.76 Å². The summed E-state index contributed by atoms with van der Waals surface area (Å²) in [6.07, 6.45) is 2.33. The molecule has 0 bridgehead atoms. The molecule has 0 aliphatic carbocycles. The molecule has 1 aliphatic heterocycles. The van der Waals surface area contributed by atoms with Crippen LogP contribution < -0.4 is 4.74 Å². The fourth-order valence-corrected chi connectivity index (χ4v) is 2.92. The molecule has 0 saturated carbocycles. The van der Waals surface area contributed by atoms with E-state index in [1.54, 1.807) is 7.11 Å². The summed E-state index contributed by atoms with van der Waals surface area (Å²) in [6.45, 7) is 2.67. The summed E-state index contributed by atoms with van der Waals surface area (Å²) in [4.78, 5) is 14.5. The topological polar surface area (TPSA) is 55.6 Å². The standard InChI is InChI=1S/C17H20N2O3/c1-12-10-16(22-18-12)15-4-3-9-19(15)17(20)11-13-5-7-14(21-2)8-6-13/h5-8,10,15H,3-4,9,11H2,1-2H3. The first-order valence-corrected chi connectivity index (χ1v) is 7.53. The zero-order valence-electron chi connectivity index (χ0n) is 12.9. The lowest BCUT2D eigenvalue weighted by Gasteiger charge is -2.22. The van der Waals surface area contributed by atoms with Gasteiger partial charge in [0.2, 0.25) is 5.91 Å². The third-order valence-electron chi connectivity index (χ3n) is 4.06. The van der Waals surface area contributed by atoms with Crippen molar-refractivity contribution in [2.45, 2.75) is 32.2 Å². The van der Waals surface area contributed by atoms with Crippen LogP contribution in [0.1, 0.15) is 35.9 Å². The van der Waals surface area contributed by atoms with Crippen molar-refractivity contribution >= 4 is 5.91 Å². The van der Waals surface area contributed by atoms with Crippen molar-refractivity contribution in [2.24, 2.45) is 0 Å². The molecular formula is C17H20N2O3. The molecule has 1 unspecified atom stereocenters. The highest BCUT2D eigenvalue weighted by Gasteiger charge is 2.32. The Morgan fingerprint density at radius 3 is 2.82 bits per heavy atom. The maximum Gasteiger partial charge on any atom is 0.227 e. The molecule has 22 heavy (non-hydrogen) atoms. The number of aryl methyl sites for hydroxylation is 1. The minimum atomic E-state index is 0.0203. The van der Waals surface area contributed by atoms with Crippen LogP contribution in [0.3, 0.4) is 0 Å². The van der Waals surface area contributed by atoms with E-state index in [-0.39, 0.29) is 11.9 Å². The van der Waals surface area contributed by atoms with Crippen molar-refractivity contribution in [3.8, 4) is 5.75 Å². The van der Waals surface area contributed by atoms with Crippen molar-refractivity contribution in [2.75, 3.05) is 13.7 Å². The Hall–Kier alpha value is -2.30. The molecule has 2 aromatic rings. The first-order chi connectivity index (χ1) is 10.7. The van der Waals surface area contributed by atoms with Crippen molar-refractivity contribution in [1.29, 1.82) is 0 Å². The van der Waals surface area contributed by atoms with E-state index in [1.807, 2.05) is 42.2 Å². The van der Waals surface area contributed by atoms with Crippen LogP contribution in [0.25, 0.3) is 0 Å². The predicted octanol–water partition coefficient (Wildman–Crippen LogP) is 2.90. The van der Waals surface area contributed by atoms with E-state index in [0.29, 0.717) is 6.42 Å². The van der Waals surface area contributed by atoms with Gasteiger partial charge in [0.05, 0.1) is 25.3 Å². The summed E-state index contributed by atoms with van der Waals surface area (Å²) in [5.41, 5.74) is 1.84. The summed E-state index contributed by atoms with van der Waals surface area (Å²) >= 11 is 0. The van der Waals surface area contributed by atoms with Crippen molar-refractivity contribution < 1.29 is 14.1 Å². The zero-order valence-corrected chi connectivity index (χ0v) is 12.9. The van der Waals surface area contributed by atoms with Crippen LogP contribution >= 0.6 is 0 Å². The van der Waals surface area contributed by atoms with Crippen LogP contribution in [0.5, 0.6) is 5.75 Å². The Morgan fingerprint density at radius 2 is 2.18 bits per heavy atom. The van der Waals surface area contributed by atoms with Gasteiger partial charge in [-0.25, -0.2) is 0 Å². The Labute approximate surface area is 129 Å².